The number of hydrogen-bond donors (Lipinski definition) is 2. The number of nitrogens with one attached hydrogen (secondary N) is 1. The zero-order chi connectivity index (χ0) is 31.0. The first kappa shape index (κ1) is 32.5. The molecule has 43 heavy (non-hydrogen) atoms. The van der Waals surface area contributed by atoms with E-state index in [0.29, 0.717) is 61.2 Å². The van der Waals surface area contributed by atoms with E-state index in [1.165, 1.54) is 6.92 Å². The van der Waals surface area contributed by atoms with E-state index in [0.717, 1.165) is 69.2 Å². The topological polar surface area (TPSA) is 108 Å². The van der Waals surface area contributed by atoms with Gasteiger partial charge in [0.15, 0.2) is 5.82 Å². The number of nitrogen functional groups attached to an aromatic ring is 1. The van der Waals surface area contributed by atoms with Gasteiger partial charge in [0.1, 0.15) is 11.6 Å². The minimum Gasteiger partial charge on any atom is -0.397 e. The summed E-state index contributed by atoms with van der Waals surface area (Å²) in [6.45, 7) is 8.51. The van der Waals surface area contributed by atoms with Crippen LogP contribution in [0.1, 0.15) is 63.4 Å². The van der Waals surface area contributed by atoms with Gasteiger partial charge >= 0.3 is 5.92 Å². The molecule has 0 spiro atoms. The number of aromatic nitrogens is 2. The largest absolute Gasteiger partial charge is 0.397 e. The van der Waals surface area contributed by atoms with Crippen molar-refractivity contribution in [2.24, 2.45) is 11.8 Å². The SMILES string of the molecule is CC(=O)Cc1ccc(NCC2CCOCC2)c(N)c1.CC(=O)Cc1ccc2c(c1)nc(C(C)(F)F)n2CC1CCOCC1. The second-order valence-corrected chi connectivity index (χ2v) is 11.9. The summed E-state index contributed by atoms with van der Waals surface area (Å²) in [5, 5.41) is 3.40. The second kappa shape index (κ2) is 14.9. The molecule has 5 rings (SSSR count). The van der Waals surface area contributed by atoms with Crippen LogP contribution in [0.15, 0.2) is 36.4 Å². The number of nitrogens with two attached hydrogens (primary N) is 1. The molecule has 1 aromatic heterocycles. The van der Waals surface area contributed by atoms with E-state index in [9.17, 15) is 18.4 Å². The predicted molar refractivity (Wildman–Crippen MR) is 165 cm³/mol. The van der Waals surface area contributed by atoms with Gasteiger partial charge in [0, 0.05) is 59.3 Å². The number of Topliss-reactive ketones (excluding diaryl/α,β-unsaturated/α-hetero) is 2. The van der Waals surface area contributed by atoms with Crippen LogP contribution in [-0.4, -0.2) is 54.1 Å². The number of anilines is 2. The van der Waals surface area contributed by atoms with Gasteiger partial charge in [-0.15, -0.1) is 0 Å². The number of nitrogens with zero attached hydrogens (tertiary/aromatic N) is 2. The molecule has 3 N–H and O–H groups in total. The molecule has 3 aromatic rings. The Kier molecular flexibility index (Phi) is 11.3. The van der Waals surface area contributed by atoms with Crippen molar-refractivity contribution in [1.29, 1.82) is 0 Å². The van der Waals surface area contributed by atoms with E-state index in [-0.39, 0.29) is 17.4 Å². The average molecular weight is 599 g/mol. The fourth-order valence-electron chi connectivity index (χ4n) is 5.66. The lowest BCUT2D eigenvalue weighted by Crippen LogP contribution is -2.24. The Balaban J connectivity index is 0.000000203. The van der Waals surface area contributed by atoms with E-state index < -0.39 is 5.92 Å². The first-order chi connectivity index (χ1) is 20.5. The van der Waals surface area contributed by atoms with Gasteiger partial charge in [0.05, 0.1) is 22.4 Å². The molecule has 0 aliphatic carbocycles. The molecule has 0 amide bonds. The lowest BCUT2D eigenvalue weighted by molar-refractivity contribution is -0.117. The number of carbonyl (C=O) groups is 2. The van der Waals surface area contributed by atoms with Gasteiger partial charge in [-0.2, -0.15) is 8.78 Å². The molecule has 8 nitrogen and oxygen atoms in total. The van der Waals surface area contributed by atoms with Gasteiger partial charge in [-0.3, -0.25) is 9.59 Å². The molecule has 234 valence electrons. The quantitative estimate of drug-likeness (QED) is 0.278. The Labute approximate surface area is 252 Å². The number of imidazole rings is 1. The molecule has 2 aromatic carbocycles. The number of ketones is 2. The standard InChI is InChI=1S/C18H22F2N2O2.C15H22N2O2/c1-12(23)9-14-3-4-16-15(10-14)21-17(18(2,19)20)22(16)11-13-5-7-24-8-6-13;1-11(18)8-13-2-3-15(14(16)9-13)17-10-12-4-6-19-7-5-12/h3-4,10,13H,5-9,11H2,1-2H3;2-3,9,12,17H,4-8,10,16H2,1H3. The predicted octanol–water partition coefficient (Wildman–Crippen LogP) is 5.94. The molecule has 0 saturated carbocycles. The highest BCUT2D eigenvalue weighted by molar-refractivity contribution is 5.82. The number of benzene rings is 2. The van der Waals surface area contributed by atoms with Gasteiger partial charge in [0.25, 0.3) is 0 Å². The molecule has 0 unspecified atom stereocenters. The molecule has 0 radical (unpaired) electrons. The van der Waals surface area contributed by atoms with Crippen molar-refractivity contribution in [1.82, 2.24) is 9.55 Å². The van der Waals surface area contributed by atoms with Crippen LogP contribution < -0.4 is 11.1 Å². The molecule has 2 aliphatic rings. The first-order valence-electron chi connectivity index (χ1n) is 15.1. The second-order valence-electron chi connectivity index (χ2n) is 11.9. The van der Waals surface area contributed by atoms with Crippen molar-refractivity contribution < 1.29 is 27.8 Å². The maximum absolute atomic E-state index is 14.1. The number of alkyl halides is 2. The molecule has 0 atom stereocenters. The van der Waals surface area contributed by atoms with Gasteiger partial charge in [-0.05, 0) is 86.8 Å². The lowest BCUT2D eigenvalue weighted by atomic mass is 10.00. The summed E-state index contributed by atoms with van der Waals surface area (Å²) < 4.78 is 40.4. The van der Waals surface area contributed by atoms with Crippen LogP contribution in [0.4, 0.5) is 20.2 Å². The number of carbonyl (C=O) groups excluding carboxylic acids is 2. The zero-order valence-corrected chi connectivity index (χ0v) is 25.5. The maximum Gasteiger partial charge on any atom is 0.302 e. The van der Waals surface area contributed by atoms with E-state index in [1.807, 2.05) is 24.3 Å². The third-order valence-electron chi connectivity index (χ3n) is 7.93. The number of rotatable bonds is 10. The Bertz CT molecular complexity index is 1390. The monoisotopic (exact) mass is 598 g/mol. The molecular weight excluding hydrogens is 554 g/mol. The van der Waals surface area contributed by atoms with Gasteiger partial charge in [-0.1, -0.05) is 12.1 Å². The Morgan fingerprint density at radius 2 is 1.49 bits per heavy atom. The van der Waals surface area contributed by atoms with Gasteiger partial charge in [0.2, 0.25) is 0 Å². The molecule has 10 heteroatoms. The molecular formula is C33H44F2N4O4. The average Bonchev–Trinajstić information content (AvgIpc) is 3.31. The van der Waals surface area contributed by atoms with Crippen LogP contribution in [0.3, 0.4) is 0 Å². The summed E-state index contributed by atoms with van der Waals surface area (Å²) in [4.78, 5) is 26.5. The van der Waals surface area contributed by atoms with Crippen molar-refractivity contribution >= 4 is 34.0 Å². The Morgan fingerprint density at radius 1 is 0.930 bits per heavy atom. The normalized spacial score (nSPS) is 16.5. The highest BCUT2D eigenvalue weighted by Gasteiger charge is 2.33. The first-order valence-corrected chi connectivity index (χ1v) is 15.1. The fraction of sp³-hybridized carbons (Fsp3) is 0.545. The van der Waals surface area contributed by atoms with Gasteiger partial charge in [-0.25, -0.2) is 4.98 Å². The van der Waals surface area contributed by atoms with Crippen molar-refractivity contribution in [3.63, 3.8) is 0 Å². The minimum atomic E-state index is -3.01. The number of hydrogen-bond acceptors (Lipinski definition) is 7. The smallest absolute Gasteiger partial charge is 0.302 e. The number of halogens is 2. The van der Waals surface area contributed by atoms with Crippen LogP contribution in [0.2, 0.25) is 0 Å². The highest BCUT2D eigenvalue weighted by Crippen LogP contribution is 2.32. The summed E-state index contributed by atoms with van der Waals surface area (Å²) in [6.07, 6.45) is 4.70. The molecule has 0 bridgehead atoms. The van der Waals surface area contributed by atoms with E-state index in [1.54, 1.807) is 23.6 Å². The van der Waals surface area contributed by atoms with E-state index in [4.69, 9.17) is 15.2 Å². The summed E-state index contributed by atoms with van der Waals surface area (Å²) in [5.41, 5.74) is 10.7. The Hall–Kier alpha value is -3.37. The molecule has 3 heterocycles. The molecule has 2 saturated heterocycles. The van der Waals surface area contributed by atoms with E-state index >= 15 is 0 Å². The van der Waals surface area contributed by atoms with Crippen LogP contribution in [0, 0.1) is 11.8 Å². The third kappa shape index (κ3) is 9.56. The molecule has 2 aliphatic heterocycles. The zero-order valence-electron chi connectivity index (χ0n) is 25.5. The summed E-state index contributed by atoms with van der Waals surface area (Å²) in [6, 6.07) is 11.2. The summed E-state index contributed by atoms with van der Waals surface area (Å²) in [7, 11) is 0. The maximum atomic E-state index is 14.1. The summed E-state index contributed by atoms with van der Waals surface area (Å²) in [5.74, 6) is -2.05. The number of ether oxygens (including phenoxy) is 2. The van der Waals surface area contributed by atoms with Crippen molar-refractivity contribution in [2.75, 3.05) is 44.0 Å². The van der Waals surface area contributed by atoms with Crippen molar-refractivity contribution in [3.05, 3.63) is 53.3 Å². The number of fused-ring (bicyclic) bond motifs is 1. The van der Waals surface area contributed by atoms with Crippen LogP contribution in [-0.2, 0) is 44.4 Å². The van der Waals surface area contributed by atoms with E-state index in [2.05, 4.69) is 10.3 Å². The van der Waals surface area contributed by atoms with Crippen LogP contribution in [0.25, 0.3) is 11.0 Å². The molecule has 2 fully saturated rings. The van der Waals surface area contributed by atoms with Crippen molar-refractivity contribution in [3.8, 4) is 0 Å². The Morgan fingerprint density at radius 3 is 2.05 bits per heavy atom. The summed E-state index contributed by atoms with van der Waals surface area (Å²) >= 11 is 0. The van der Waals surface area contributed by atoms with Crippen LogP contribution in [0.5, 0.6) is 0 Å². The highest BCUT2D eigenvalue weighted by atomic mass is 19.3. The van der Waals surface area contributed by atoms with Gasteiger partial charge < -0.3 is 25.1 Å². The fourth-order valence-corrected chi connectivity index (χ4v) is 5.66. The van der Waals surface area contributed by atoms with Crippen LogP contribution >= 0.6 is 0 Å². The lowest BCUT2D eigenvalue weighted by Gasteiger charge is -2.24. The minimum absolute atomic E-state index is 0.0389. The van der Waals surface area contributed by atoms with Crippen molar-refractivity contribution in [2.45, 2.75) is 71.8 Å². The third-order valence-corrected chi connectivity index (χ3v) is 7.93.